The maximum atomic E-state index is 12.6. The first kappa shape index (κ1) is 12.3. The van der Waals surface area contributed by atoms with Crippen LogP contribution in [0.4, 0.5) is 10.5 Å². The summed E-state index contributed by atoms with van der Waals surface area (Å²) >= 11 is 0. The van der Waals surface area contributed by atoms with Crippen LogP contribution in [0.2, 0.25) is 0 Å². The summed E-state index contributed by atoms with van der Waals surface area (Å²) in [7, 11) is 0. The van der Waals surface area contributed by atoms with Crippen LogP contribution in [0.25, 0.3) is 0 Å². The Morgan fingerprint density at radius 3 is 2.42 bits per heavy atom. The number of benzene rings is 1. The Kier molecular flexibility index (Phi) is 3.28. The van der Waals surface area contributed by atoms with Crippen LogP contribution in [0.1, 0.15) is 32.1 Å². The number of amides is 2. The van der Waals surface area contributed by atoms with Gasteiger partial charge in [0.2, 0.25) is 0 Å². The molecule has 1 heterocycles. The van der Waals surface area contributed by atoms with Gasteiger partial charge in [0, 0.05) is 17.4 Å². The van der Waals surface area contributed by atoms with Crippen molar-refractivity contribution in [3.63, 3.8) is 0 Å². The van der Waals surface area contributed by atoms with Gasteiger partial charge in [-0.05, 0) is 25.0 Å². The van der Waals surface area contributed by atoms with Gasteiger partial charge in [-0.25, -0.2) is 4.79 Å². The predicted octanol–water partition coefficient (Wildman–Crippen LogP) is 3.78. The number of rotatable bonds is 2. The van der Waals surface area contributed by atoms with E-state index in [1.807, 2.05) is 40.1 Å². The van der Waals surface area contributed by atoms with Crippen LogP contribution < -0.4 is 4.90 Å². The monoisotopic (exact) mass is 256 g/mol. The Hall–Kier alpha value is -1.77. The van der Waals surface area contributed by atoms with Crippen LogP contribution in [-0.4, -0.2) is 23.5 Å². The fourth-order valence-electron chi connectivity index (χ4n) is 3.15. The summed E-state index contributed by atoms with van der Waals surface area (Å²) in [6.45, 7) is 4.72. The zero-order valence-electron chi connectivity index (χ0n) is 11.2. The molecule has 0 bridgehead atoms. The van der Waals surface area contributed by atoms with Gasteiger partial charge >= 0.3 is 6.03 Å². The summed E-state index contributed by atoms with van der Waals surface area (Å²) < 4.78 is 0. The van der Waals surface area contributed by atoms with Gasteiger partial charge in [-0.1, -0.05) is 44.0 Å². The molecule has 0 aromatic heterocycles. The maximum absolute atomic E-state index is 12.6. The van der Waals surface area contributed by atoms with E-state index in [1.54, 1.807) is 0 Å². The Bertz CT molecular complexity index is 477. The van der Waals surface area contributed by atoms with Gasteiger partial charge in [0.25, 0.3) is 0 Å². The topological polar surface area (TPSA) is 23.6 Å². The SMILES string of the molecule is C=C1CN(c2ccccc2)C(=O)N1C1CCCCC1. The average molecular weight is 256 g/mol. The van der Waals surface area contributed by atoms with E-state index in [2.05, 4.69) is 6.58 Å². The summed E-state index contributed by atoms with van der Waals surface area (Å²) in [4.78, 5) is 16.4. The molecule has 1 aromatic rings. The fourth-order valence-corrected chi connectivity index (χ4v) is 3.15. The number of hydrogen-bond donors (Lipinski definition) is 0. The summed E-state index contributed by atoms with van der Waals surface area (Å²) in [6, 6.07) is 10.3. The first-order chi connectivity index (χ1) is 9.27. The summed E-state index contributed by atoms with van der Waals surface area (Å²) in [5, 5.41) is 0. The molecular formula is C16H20N2O. The minimum atomic E-state index is 0.100. The average Bonchev–Trinajstić information content (AvgIpc) is 2.76. The Labute approximate surface area is 114 Å². The molecule has 0 unspecified atom stereocenters. The zero-order chi connectivity index (χ0) is 13.2. The van der Waals surface area contributed by atoms with E-state index in [-0.39, 0.29) is 6.03 Å². The number of anilines is 1. The quantitative estimate of drug-likeness (QED) is 0.790. The highest BCUT2D eigenvalue weighted by atomic mass is 16.2. The van der Waals surface area contributed by atoms with E-state index in [9.17, 15) is 4.79 Å². The van der Waals surface area contributed by atoms with E-state index in [1.165, 1.54) is 19.3 Å². The van der Waals surface area contributed by atoms with Gasteiger partial charge in [-0.2, -0.15) is 0 Å². The highest BCUT2D eigenvalue weighted by molar-refractivity contribution is 5.96. The van der Waals surface area contributed by atoms with Gasteiger partial charge < -0.3 is 0 Å². The lowest BCUT2D eigenvalue weighted by molar-refractivity contribution is 0.196. The van der Waals surface area contributed by atoms with Crippen LogP contribution in [0.3, 0.4) is 0 Å². The second-order valence-corrected chi connectivity index (χ2v) is 5.43. The third kappa shape index (κ3) is 2.25. The van der Waals surface area contributed by atoms with Gasteiger partial charge in [0.15, 0.2) is 0 Å². The van der Waals surface area contributed by atoms with Crippen LogP contribution >= 0.6 is 0 Å². The number of hydrogen-bond acceptors (Lipinski definition) is 1. The van der Waals surface area contributed by atoms with Crippen molar-refractivity contribution in [1.82, 2.24) is 4.90 Å². The van der Waals surface area contributed by atoms with E-state index in [0.29, 0.717) is 12.6 Å². The molecular weight excluding hydrogens is 236 g/mol. The highest BCUT2D eigenvalue weighted by Gasteiger charge is 2.37. The molecule has 100 valence electrons. The largest absolute Gasteiger partial charge is 0.329 e. The van der Waals surface area contributed by atoms with E-state index >= 15 is 0 Å². The molecule has 0 N–H and O–H groups in total. The third-order valence-corrected chi connectivity index (χ3v) is 4.13. The first-order valence-electron chi connectivity index (χ1n) is 7.11. The zero-order valence-corrected chi connectivity index (χ0v) is 11.2. The van der Waals surface area contributed by atoms with Gasteiger partial charge in [-0.3, -0.25) is 9.80 Å². The van der Waals surface area contributed by atoms with E-state index < -0.39 is 0 Å². The molecule has 3 nitrogen and oxygen atoms in total. The van der Waals surface area contributed by atoms with Crippen molar-refractivity contribution in [3.8, 4) is 0 Å². The molecule has 0 radical (unpaired) electrons. The van der Waals surface area contributed by atoms with Crippen molar-refractivity contribution in [2.75, 3.05) is 11.4 Å². The van der Waals surface area contributed by atoms with Crippen molar-refractivity contribution in [2.24, 2.45) is 0 Å². The standard InChI is InChI=1S/C16H20N2O/c1-13-12-17(14-8-4-2-5-9-14)16(19)18(13)15-10-6-3-7-11-15/h2,4-5,8-9,15H,1,3,6-7,10-12H2. The first-order valence-corrected chi connectivity index (χ1v) is 7.11. The highest BCUT2D eigenvalue weighted by Crippen LogP contribution is 2.32. The lowest BCUT2D eigenvalue weighted by Crippen LogP contribution is -2.39. The Morgan fingerprint density at radius 2 is 1.74 bits per heavy atom. The molecule has 1 aromatic carbocycles. The minimum Gasteiger partial charge on any atom is -0.294 e. The van der Waals surface area contributed by atoms with Crippen LogP contribution in [-0.2, 0) is 0 Å². The van der Waals surface area contributed by atoms with Crippen molar-refractivity contribution in [3.05, 3.63) is 42.6 Å². The van der Waals surface area contributed by atoms with Gasteiger partial charge in [0.1, 0.15) is 0 Å². The van der Waals surface area contributed by atoms with Crippen LogP contribution in [0, 0.1) is 0 Å². The lowest BCUT2D eigenvalue weighted by Gasteiger charge is -2.31. The number of carbonyl (C=O) groups is 1. The normalized spacial score (nSPS) is 21.3. The van der Waals surface area contributed by atoms with Crippen molar-refractivity contribution >= 4 is 11.7 Å². The molecule has 1 saturated carbocycles. The van der Waals surface area contributed by atoms with Gasteiger partial charge in [-0.15, -0.1) is 0 Å². The van der Waals surface area contributed by atoms with Crippen molar-refractivity contribution < 1.29 is 4.79 Å². The minimum absolute atomic E-state index is 0.100. The van der Waals surface area contributed by atoms with Crippen molar-refractivity contribution in [1.29, 1.82) is 0 Å². The fraction of sp³-hybridized carbons (Fsp3) is 0.438. The number of nitrogens with zero attached hydrogens (tertiary/aromatic N) is 2. The summed E-state index contributed by atoms with van der Waals surface area (Å²) in [5.41, 5.74) is 1.91. The molecule has 3 rings (SSSR count). The molecule has 3 heteroatoms. The molecule has 19 heavy (non-hydrogen) atoms. The number of para-hydroxylation sites is 1. The maximum Gasteiger partial charge on any atom is 0.329 e. The molecule has 1 aliphatic carbocycles. The van der Waals surface area contributed by atoms with Crippen LogP contribution in [0.5, 0.6) is 0 Å². The molecule has 0 atom stereocenters. The lowest BCUT2D eigenvalue weighted by atomic mass is 9.94. The van der Waals surface area contributed by atoms with E-state index in [0.717, 1.165) is 24.2 Å². The molecule has 2 amide bonds. The van der Waals surface area contributed by atoms with Crippen LogP contribution in [0.15, 0.2) is 42.6 Å². The smallest absolute Gasteiger partial charge is 0.294 e. The predicted molar refractivity (Wildman–Crippen MR) is 77.0 cm³/mol. The second kappa shape index (κ2) is 5.08. The van der Waals surface area contributed by atoms with Gasteiger partial charge in [0.05, 0.1) is 6.54 Å². The molecule has 1 saturated heterocycles. The number of urea groups is 1. The summed E-state index contributed by atoms with van der Waals surface area (Å²) in [6.07, 6.45) is 5.99. The molecule has 0 spiro atoms. The number of carbonyl (C=O) groups excluding carboxylic acids is 1. The Morgan fingerprint density at radius 1 is 1.05 bits per heavy atom. The Balaban J connectivity index is 1.81. The third-order valence-electron chi connectivity index (χ3n) is 4.13. The molecule has 2 fully saturated rings. The molecule has 1 aliphatic heterocycles. The van der Waals surface area contributed by atoms with Crippen molar-refractivity contribution in [2.45, 2.75) is 38.1 Å². The van der Waals surface area contributed by atoms with E-state index in [4.69, 9.17) is 0 Å². The second-order valence-electron chi connectivity index (χ2n) is 5.43. The molecule has 2 aliphatic rings. The summed E-state index contributed by atoms with van der Waals surface area (Å²) in [5.74, 6) is 0.